The minimum Gasteiger partial charge on any atom is -0.483 e. The van der Waals surface area contributed by atoms with Crippen LogP contribution >= 0.6 is 0 Å². The van der Waals surface area contributed by atoms with Gasteiger partial charge in [0.05, 0.1) is 0 Å². The summed E-state index contributed by atoms with van der Waals surface area (Å²) in [7, 11) is 1.51. The maximum absolute atomic E-state index is 12.5. The first-order chi connectivity index (χ1) is 14.9. The maximum Gasteiger partial charge on any atom is 0.262 e. The van der Waals surface area contributed by atoms with Crippen LogP contribution in [0.1, 0.15) is 31.4 Å². The molecule has 2 heterocycles. The summed E-state index contributed by atoms with van der Waals surface area (Å²) in [5.74, 6) is 0.915. The van der Waals surface area contributed by atoms with Crippen LogP contribution in [0.15, 0.2) is 36.4 Å². The third kappa shape index (κ3) is 4.66. The van der Waals surface area contributed by atoms with Crippen molar-refractivity contribution in [1.29, 1.82) is 0 Å². The van der Waals surface area contributed by atoms with Crippen LogP contribution in [0.25, 0.3) is 0 Å². The molecule has 164 valence electrons. The third-order valence-electron chi connectivity index (χ3n) is 5.47. The van der Waals surface area contributed by atoms with Crippen LogP contribution < -0.4 is 19.7 Å². The first-order valence-corrected chi connectivity index (χ1v) is 10.5. The van der Waals surface area contributed by atoms with Crippen LogP contribution in [-0.4, -0.2) is 44.3 Å². The number of nitrogens with zero attached hydrogens (tertiary/aromatic N) is 1. The van der Waals surface area contributed by atoms with Gasteiger partial charge in [-0.2, -0.15) is 0 Å². The molecule has 0 saturated heterocycles. The Labute approximate surface area is 182 Å². The number of aryl methyl sites for hydroxylation is 1. The number of amides is 2. The molecule has 0 fully saturated rings. The molecule has 0 spiro atoms. The zero-order chi connectivity index (χ0) is 22.0. The molecule has 7 heteroatoms. The second-order valence-corrected chi connectivity index (χ2v) is 8.55. The lowest BCUT2D eigenvalue weighted by Gasteiger charge is -2.29. The Morgan fingerprint density at radius 1 is 1.16 bits per heavy atom. The molecule has 2 aromatic carbocycles. The number of carbonyl (C=O) groups is 2. The minimum absolute atomic E-state index is 0.0319. The number of carbonyl (C=O) groups excluding carboxylic acids is 2. The number of anilines is 2. The molecular formula is C24H28N2O5. The van der Waals surface area contributed by atoms with Gasteiger partial charge in [0.25, 0.3) is 11.8 Å². The van der Waals surface area contributed by atoms with Crippen molar-refractivity contribution in [3.05, 3.63) is 47.5 Å². The summed E-state index contributed by atoms with van der Waals surface area (Å²) in [5, 5.41) is 2.86. The number of fused-ring (bicyclic) bond motifs is 2. The lowest BCUT2D eigenvalue weighted by molar-refractivity contribution is -0.122. The summed E-state index contributed by atoms with van der Waals surface area (Å²) in [6.45, 7) is 4.60. The zero-order valence-electron chi connectivity index (χ0n) is 18.2. The zero-order valence-corrected chi connectivity index (χ0v) is 18.2. The standard InChI is InChI=1S/C24H28N2O5/c1-24(2)13-17-6-4-8-20(23(17)31-24)30-14-21(27)25-18-10-9-16-7-5-11-26(19(16)12-18)22(28)15-29-3/h4,6,8-10,12H,5,7,11,13-15H2,1-3H3,(H,25,27). The molecule has 2 amide bonds. The van der Waals surface area contributed by atoms with E-state index in [2.05, 4.69) is 5.32 Å². The van der Waals surface area contributed by atoms with Crippen LogP contribution in [0.4, 0.5) is 11.4 Å². The van der Waals surface area contributed by atoms with Crippen LogP contribution in [0, 0.1) is 0 Å². The Morgan fingerprint density at radius 3 is 2.81 bits per heavy atom. The second kappa shape index (κ2) is 8.59. The predicted molar refractivity (Wildman–Crippen MR) is 118 cm³/mol. The lowest BCUT2D eigenvalue weighted by Crippen LogP contribution is -2.37. The molecule has 2 aliphatic heterocycles. The van der Waals surface area contributed by atoms with Crippen molar-refractivity contribution in [1.82, 2.24) is 0 Å². The summed E-state index contributed by atoms with van der Waals surface area (Å²) in [6.07, 6.45) is 2.61. The molecule has 0 saturated carbocycles. The van der Waals surface area contributed by atoms with Crippen LogP contribution in [-0.2, 0) is 27.2 Å². The van der Waals surface area contributed by atoms with Crippen molar-refractivity contribution in [2.24, 2.45) is 0 Å². The summed E-state index contributed by atoms with van der Waals surface area (Å²) < 4.78 is 16.7. The van der Waals surface area contributed by atoms with E-state index >= 15 is 0 Å². The van der Waals surface area contributed by atoms with Gasteiger partial charge in [-0.15, -0.1) is 0 Å². The van der Waals surface area contributed by atoms with E-state index in [1.807, 2.05) is 50.2 Å². The highest BCUT2D eigenvalue weighted by Gasteiger charge is 2.32. The first-order valence-electron chi connectivity index (χ1n) is 10.5. The minimum atomic E-state index is -0.278. The quantitative estimate of drug-likeness (QED) is 0.770. The van der Waals surface area contributed by atoms with E-state index in [-0.39, 0.29) is 30.6 Å². The van der Waals surface area contributed by atoms with Gasteiger partial charge >= 0.3 is 0 Å². The van der Waals surface area contributed by atoms with E-state index in [4.69, 9.17) is 14.2 Å². The molecule has 4 rings (SSSR count). The molecule has 7 nitrogen and oxygen atoms in total. The SMILES string of the molecule is COCC(=O)N1CCCc2ccc(NC(=O)COc3cccc4c3OC(C)(C)C4)cc21. The number of ether oxygens (including phenoxy) is 3. The van der Waals surface area contributed by atoms with Gasteiger partial charge in [0.15, 0.2) is 18.1 Å². The van der Waals surface area contributed by atoms with Crippen LogP contribution in [0.3, 0.4) is 0 Å². The van der Waals surface area contributed by atoms with Gasteiger partial charge in [0.1, 0.15) is 12.2 Å². The van der Waals surface area contributed by atoms with E-state index in [0.29, 0.717) is 23.7 Å². The number of benzene rings is 2. The first kappa shape index (κ1) is 21.2. The molecule has 0 radical (unpaired) electrons. The average molecular weight is 424 g/mol. The van der Waals surface area contributed by atoms with E-state index < -0.39 is 0 Å². The third-order valence-corrected chi connectivity index (χ3v) is 5.47. The average Bonchev–Trinajstić information content (AvgIpc) is 3.06. The largest absolute Gasteiger partial charge is 0.483 e. The van der Waals surface area contributed by atoms with Crippen molar-refractivity contribution >= 4 is 23.2 Å². The van der Waals surface area contributed by atoms with Crippen molar-refractivity contribution in [2.75, 3.05) is 37.1 Å². The Hall–Kier alpha value is -3.06. The van der Waals surface area contributed by atoms with Gasteiger partial charge in [0, 0.05) is 37.0 Å². The van der Waals surface area contributed by atoms with E-state index in [1.54, 1.807) is 4.90 Å². The van der Waals surface area contributed by atoms with Gasteiger partial charge in [-0.3, -0.25) is 9.59 Å². The van der Waals surface area contributed by atoms with Crippen molar-refractivity contribution in [3.8, 4) is 11.5 Å². The van der Waals surface area contributed by atoms with E-state index in [1.165, 1.54) is 7.11 Å². The van der Waals surface area contributed by atoms with E-state index in [0.717, 1.165) is 36.1 Å². The van der Waals surface area contributed by atoms with Crippen LogP contribution in [0.2, 0.25) is 0 Å². The molecular weight excluding hydrogens is 396 g/mol. The molecule has 2 aliphatic rings. The fraction of sp³-hybridized carbons (Fsp3) is 0.417. The molecule has 2 aromatic rings. The van der Waals surface area contributed by atoms with Gasteiger partial charge in [0.2, 0.25) is 0 Å². The summed E-state index contributed by atoms with van der Waals surface area (Å²) in [5.41, 5.74) is 3.34. The van der Waals surface area contributed by atoms with Crippen molar-refractivity contribution < 1.29 is 23.8 Å². The van der Waals surface area contributed by atoms with Crippen LogP contribution in [0.5, 0.6) is 11.5 Å². The van der Waals surface area contributed by atoms with Gasteiger partial charge in [-0.05, 0) is 50.5 Å². The van der Waals surface area contributed by atoms with Gasteiger partial charge in [-0.25, -0.2) is 0 Å². The molecule has 0 aliphatic carbocycles. The Morgan fingerprint density at radius 2 is 2.00 bits per heavy atom. The van der Waals surface area contributed by atoms with Gasteiger partial charge < -0.3 is 24.4 Å². The van der Waals surface area contributed by atoms with Crippen molar-refractivity contribution in [2.45, 2.75) is 38.7 Å². The number of nitrogens with one attached hydrogen (secondary N) is 1. The number of rotatable bonds is 6. The van der Waals surface area contributed by atoms with Gasteiger partial charge in [-0.1, -0.05) is 18.2 Å². The maximum atomic E-state index is 12.5. The fourth-order valence-electron chi connectivity index (χ4n) is 4.15. The topological polar surface area (TPSA) is 77.1 Å². The molecule has 0 bridgehead atoms. The summed E-state index contributed by atoms with van der Waals surface area (Å²) in [6, 6.07) is 11.4. The number of para-hydroxylation sites is 1. The molecule has 0 unspecified atom stereocenters. The predicted octanol–water partition coefficient (Wildman–Crippen LogP) is 3.34. The lowest BCUT2D eigenvalue weighted by atomic mass is 10.0. The highest BCUT2D eigenvalue weighted by Crippen LogP contribution is 2.41. The number of hydrogen-bond acceptors (Lipinski definition) is 5. The number of methoxy groups -OCH3 is 1. The molecule has 1 N–H and O–H groups in total. The second-order valence-electron chi connectivity index (χ2n) is 8.55. The molecule has 31 heavy (non-hydrogen) atoms. The Balaban J connectivity index is 1.42. The van der Waals surface area contributed by atoms with E-state index in [9.17, 15) is 9.59 Å². The normalized spacial score (nSPS) is 16.2. The molecule has 0 aromatic heterocycles. The molecule has 0 atom stereocenters. The smallest absolute Gasteiger partial charge is 0.262 e. The fourth-order valence-corrected chi connectivity index (χ4v) is 4.15. The Bertz CT molecular complexity index is 1000. The highest BCUT2D eigenvalue weighted by atomic mass is 16.5. The highest BCUT2D eigenvalue weighted by molar-refractivity contribution is 5.97. The Kier molecular flexibility index (Phi) is 5.87. The van der Waals surface area contributed by atoms with Crippen molar-refractivity contribution in [3.63, 3.8) is 0 Å². The monoisotopic (exact) mass is 424 g/mol. The summed E-state index contributed by atoms with van der Waals surface area (Å²) in [4.78, 5) is 26.6. The summed E-state index contributed by atoms with van der Waals surface area (Å²) >= 11 is 0. The number of hydrogen-bond donors (Lipinski definition) is 1.